The summed E-state index contributed by atoms with van der Waals surface area (Å²) in [5.41, 5.74) is 2.61. The molecule has 0 bridgehead atoms. The lowest BCUT2D eigenvalue weighted by Crippen LogP contribution is -2.19. The van der Waals surface area contributed by atoms with Crippen LogP contribution in [0.3, 0.4) is 0 Å². The number of hydrogen-bond donors (Lipinski definition) is 0. The van der Waals surface area contributed by atoms with E-state index in [1.54, 1.807) is 0 Å². The zero-order valence-corrected chi connectivity index (χ0v) is 8.11. The molecule has 0 N–H and O–H groups in total. The topological polar surface area (TPSA) is 18.5 Å². The summed E-state index contributed by atoms with van der Waals surface area (Å²) in [5.74, 6) is 0. The summed E-state index contributed by atoms with van der Waals surface area (Å²) in [6.45, 7) is 1.83. The molecule has 2 heterocycles. The highest BCUT2D eigenvalue weighted by Gasteiger charge is 2.22. The van der Waals surface area contributed by atoms with Crippen molar-refractivity contribution in [1.29, 1.82) is 0 Å². The molecule has 2 unspecified atom stereocenters. The molecule has 0 amide bonds. The Morgan fingerprint density at radius 3 is 1.36 bits per heavy atom. The highest BCUT2D eigenvalue weighted by Crippen LogP contribution is 2.33. The van der Waals surface area contributed by atoms with E-state index in [0.717, 1.165) is 13.2 Å². The lowest BCUT2D eigenvalue weighted by molar-refractivity contribution is -0.0548. The van der Waals surface area contributed by atoms with Gasteiger partial charge in [-0.05, 0) is 11.1 Å². The predicted molar refractivity (Wildman–Crippen MR) is 53.1 cm³/mol. The van der Waals surface area contributed by atoms with Gasteiger partial charge >= 0.3 is 0 Å². The Morgan fingerprint density at radius 2 is 1.14 bits per heavy atom. The van der Waals surface area contributed by atoms with Gasteiger partial charge in [0.1, 0.15) is 0 Å². The first-order valence-electron chi connectivity index (χ1n) is 5.26. The van der Waals surface area contributed by atoms with Crippen molar-refractivity contribution in [3.8, 4) is 0 Å². The molecule has 3 rings (SSSR count). The standard InChI is InChI=1S/C12H14O2/c1-2-10(12-6-8-14-12)4-3-9(1)11-5-7-13-11/h1-4,11-12H,5-8H2. The molecule has 2 fully saturated rings. The van der Waals surface area contributed by atoms with Crippen molar-refractivity contribution in [2.75, 3.05) is 13.2 Å². The van der Waals surface area contributed by atoms with Crippen LogP contribution in [-0.2, 0) is 9.47 Å². The van der Waals surface area contributed by atoms with Crippen molar-refractivity contribution < 1.29 is 9.47 Å². The molecule has 0 saturated carbocycles. The third-order valence-electron chi connectivity index (χ3n) is 3.08. The largest absolute Gasteiger partial charge is 0.373 e. The minimum atomic E-state index is 0.353. The monoisotopic (exact) mass is 190 g/mol. The first-order valence-corrected chi connectivity index (χ1v) is 5.26. The fourth-order valence-electron chi connectivity index (χ4n) is 1.92. The third kappa shape index (κ3) is 1.35. The van der Waals surface area contributed by atoms with Crippen LogP contribution in [0.1, 0.15) is 36.2 Å². The summed E-state index contributed by atoms with van der Waals surface area (Å²) >= 11 is 0. The van der Waals surface area contributed by atoms with E-state index in [0.29, 0.717) is 12.2 Å². The molecule has 2 heteroatoms. The van der Waals surface area contributed by atoms with Crippen LogP contribution in [0, 0.1) is 0 Å². The van der Waals surface area contributed by atoms with Crippen LogP contribution in [-0.4, -0.2) is 13.2 Å². The van der Waals surface area contributed by atoms with E-state index < -0.39 is 0 Å². The summed E-state index contributed by atoms with van der Waals surface area (Å²) < 4.78 is 10.9. The summed E-state index contributed by atoms with van der Waals surface area (Å²) in [7, 11) is 0. The van der Waals surface area contributed by atoms with Crippen LogP contribution in [0.4, 0.5) is 0 Å². The van der Waals surface area contributed by atoms with Gasteiger partial charge in [0, 0.05) is 12.8 Å². The molecule has 0 aromatic heterocycles. The van der Waals surface area contributed by atoms with Crippen molar-refractivity contribution in [1.82, 2.24) is 0 Å². The lowest BCUT2D eigenvalue weighted by atomic mass is 9.98. The van der Waals surface area contributed by atoms with Gasteiger partial charge in [-0.1, -0.05) is 24.3 Å². The molecule has 0 radical (unpaired) electrons. The van der Waals surface area contributed by atoms with Crippen molar-refractivity contribution in [2.45, 2.75) is 25.0 Å². The highest BCUT2D eigenvalue weighted by atomic mass is 16.5. The van der Waals surface area contributed by atoms with Gasteiger partial charge in [-0.3, -0.25) is 0 Å². The molecule has 74 valence electrons. The minimum absolute atomic E-state index is 0.353. The average molecular weight is 190 g/mol. The first-order chi connectivity index (χ1) is 6.93. The van der Waals surface area contributed by atoms with E-state index in [1.807, 2.05) is 0 Å². The third-order valence-corrected chi connectivity index (χ3v) is 3.08. The SMILES string of the molecule is c1cc(C2CCO2)ccc1C1CCO1. The minimum Gasteiger partial charge on any atom is -0.373 e. The Kier molecular flexibility index (Phi) is 2.03. The molecular formula is C12H14O2. The molecular weight excluding hydrogens is 176 g/mol. The summed E-state index contributed by atoms with van der Waals surface area (Å²) in [6, 6.07) is 8.67. The van der Waals surface area contributed by atoms with Crippen molar-refractivity contribution >= 4 is 0 Å². The van der Waals surface area contributed by atoms with Gasteiger partial charge in [0.2, 0.25) is 0 Å². The van der Waals surface area contributed by atoms with Crippen LogP contribution in [0.25, 0.3) is 0 Å². The molecule has 14 heavy (non-hydrogen) atoms. The summed E-state index contributed by atoms with van der Waals surface area (Å²) in [4.78, 5) is 0. The Balaban J connectivity index is 1.75. The fraction of sp³-hybridized carbons (Fsp3) is 0.500. The molecule has 1 aromatic rings. The second-order valence-electron chi connectivity index (χ2n) is 3.96. The molecule has 2 saturated heterocycles. The Morgan fingerprint density at radius 1 is 0.786 bits per heavy atom. The van der Waals surface area contributed by atoms with Crippen LogP contribution < -0.4 is 0 Å². The molecule has 2 aliphatic rings. The van der Waals surface area contributed by atoms with Crippen LogP contribution in [0.2, 0.25) is 0 Å². The van der Waals surface area contributed by atoms with E-state index >= 15 is 0 Å². The average Bonchev–Trinajstić information content (AvgIpc) is 2.02. The summed E-state index contributed by atoms with van der Waals surface area (Å²) in [5, 5.41) is 0. The van der Waals surface area contributed by atoms with Crippen molar-refractivity contribution in [3.63, 3.8) is 0 Å². The van der Waals surface area contributed by atoms with Crippen molar-refractivity contribution in [3.05, 3.63) is 35.4 Å². The number of benzene rings is 1. The second kappa shape index (κ2) is 3.37. The first kappa shape index (κ1) is 8.45. The van der Waals surface area contributed by atoms with E-state index in [4.69, 9.17) is 9.47 Å². The van der Waals surface area contributed by atoms with E-state index in [-0.39, 0.29) is 0 Å². The van der Waals surface area contributed by atoms with Crippen LogP contribution in [0.5, 0.6) is 0 Å². The van der Waals surface area contributed by atoms with Gasteiger partial charge in [0.05, 0.1) is 25.4 Å². The Hall–Kier alpha value is -0.860. The van der Waals surface area contributed by atoms with Gasteiger partial charge < -0.3 is 9.47 Å². The zero-order chi connectivity index (χ0) is 9.38. The molecule has 2 nitrogen and oxygen atoms in total. The number of ether oxygens (including phenoxy) is 2. The summed E-state index contributed by atoms with van der Waals surface area (Å²) in [6.07, 6.45) is 3.04. The molecule has 0 aliphatic carbocycles. The second-order valence-corrected chi connectivity index (χ2v) is 3.96. The predicted octanol–water partition coefficient (Wildman–Crippen LogP) is 2.61. The van der Waals surface area contributed by atoms with Crippen LogP contribution >= 0.6 is 0 Å². The highest BCUT2D eigenvalue weighted by molar-refractivity contribution is 5.27. The van der Waals surface area contributed by atoms with E-state index in [1.165, 1.54) is 24.0 Å². The maximum absolute atomic E-state index is 5.43. The molecule has 1 aromatic carbocycles. The van der Waals surface area contributed by atoms with Gasteiger partial charge in [0.15, 0.2) is 0 Å². The number of rotatable bonds is 2. The quantitative estimate of drug-likeness (QED) is 0.713. The maximum atomic E-state index is 5.43. The van der Waals surface area contributed by atoms with Gasteiger partial charge in [-0.2, -0.15) is 0 Å². The Bertz CT molecular complexity index is 277. The molecule has 0 spiro atoms. The van der Waals surface area contributed by atoms with Gasteiger partial charge in [-0.15, -0.1) is 0 Å². The van der Waals surface area contributed by atoms with E-state index in [9.17, 15) is 0 Å². The van der Waals surface area contributed by atoms with E-state index in [2.05, 4.69) is 24.3 Å². The number of hydrogen-bond acceptors (Lipinski definition) is 2. The fourth-order valence-corrected chi connectivity index (χ4v) is 1.92. The van der Waals surface area contributed by atoms with Gasteiger partial charge in [-0.25, -0.2) is 0 Å². The maximum Gasteiger partial charge on any atom is 0.0846 e. The van der Waals surface area contributed by atoms with Crippen molar-refractivity contribution in [2.24, 2.45) is 0 Å². The lowest BCUT2D eigenvalue weighted by Gasteiger charge is -2.29. The smallest absolute Gasteiger partial charge is 0.0846 e. The normalized spacial score (nSPS) is 30.6. The van der Waals surface area contributed by atoms with Crippen LogP contribution in [0.15, 0.2) is 24.3 Å². The molecule has 2 aliphatic heterocycles. The Labute approximate surface area is 83.8 Å². The molecule has 2 atom stereocenters. The zero-order valence-electron chi connectivity index (χ0n) is 8.11. The van der Waals surface area contributed by atoms with Gasteiger partial charge in [0.25, 0.3) is 0 Å².